The van der Waals surface area contributed by atoms with Crippen LogP contribution in [-0.4, -0.2) is 17.2 Å². The first kappa shape index (κ1) is 24.7. The van der Waals surface area contributed by atoms with Gasteiger partial charge in [0.2, 0.25) is 0 Å². The third-order valence-corrected chi connectivity index (χ3v) is 4.04. The van der Waals surface area contributed by atoms with Gasteiger partial charge in [0.25, 0.3) is 0 Å². The minimum Gasteiger partial charge on any atom is -0.550 e. The summed E-state index contributed by atoms with van der Waals surface area (Å²) in [6.45, 7) is 2.12. The molecule has 1 N–H and O–H groups in total. The molecule has 3 nitrogen and oxygen atoms in total. The predicted octanol–water partition coefficient (Wildman–Crippen LogP) is 0.973. The number of hydrogen-bond donors (Lipinski definition) is 1. The van der Waals surface area contributed by atoms with Crippen molar-refractivity contribution in [3.63, 3.8) is 0 Å². The van der Waals surface area contributed by atoms with Crippen LogP contribution in [0, 0.1) is 0 Å². The molecule has 126 valence electrons. The fourth-order valence-electron chi connectivity index (χ4n) is 2.72. The van der Waals surface area contributed by atoms with E-state index in [1.807, 2.05) is 0 Å². The van der Waals surface area contributed by atoms with E-state index < -0.39 is 5.97 Å². The maximum absolute atomic E-state index is 10.2. The Balaban J connectivity index is 0. The summed E-state index contributed by atoms with van der Waals surface area (Å²) >= 11 is 0. The van der Waals surface area contributed by atoms with Crippen LogP contribution in [0.5, 0.6) is 0 Å². The van der Waals surface area contributed by atoms with Gasteiger partial charge in [-0.1, -0.05) is 77.6 Å². The minimum atomic E-state index is -0.919. The summed E-state index contributed by atoms with van der Waals surface area (Å²) < 4.78 is 0. The molecule has 0 radical (unpaired) electrons. The first-order chi connectivity index (χ1) is 10.2. The van der Waals surface area contributed by atoms with Crippen LogP contribution in [0.4, 0.5) is 0 Å². The fraction of sp³-hybridized carbons (Fsp3) is 0.944. The van der Waals surface area contributed by atoms with Crippen LogP contribution in [-0.2, 0) is 4.79 Å². The maximum atomic E-state index is 10.2. The Morgan fingerprint density at radius 1 is 0.818 bits per heavy atom. The summed E-state index contributed by atoms with van der Waals surface area (Å²) in [4.78, 5) is 10.2. The van der Waals surface area contributed by atoms with Gasteiger partial charge < -0.3 is 15.0 Å². The van der Waals surface area contributed by atoms with E-state index in [0.717, 1.165) is 38.5 Å². The van der Waals surface area contributed by atoms with Gasteiger partial charge in [0.05, 0.1) is 6.10 Å². The summed E-state index contributed by atoms with van der Waals surface area (Å²) in [6.07, 6.45) is 16.2. The number of carbonyl (C=O) groups is 1. The number of aliphatic hydroxyl groups is 1. The van der Waals surface area contributed by atoms with Gasteiger partial charge in [-0.05, 0) is 25.7 Å². The Morgan fingerprint density at radius 3 is 1.64 bits per heavy atom. The predicted molar refractivity (Wildman–Crippen MR) is 85.9 cm³/mol. The fourth-order valence-corrected chi connectivity index (χ4v) is 2.72. The zero-order valence-electron chi connectivity index (χ0n) is 14.9. The Morgan fingerprint density at radius 2 is 1.23 bits per heavy atom. The quantitative estimate of drug-likeness (QED) is 0.340. The average Bonchev–Trinajstić information content (AvgIpc) is 2.44. The van der Waals surface area contributed by atoms with Crippen LogP contribution in [0.1, 0.15) is 103 Å². The molecule has 0 amide bonds. The Labute approximate surface area is 159 Å². The number of hydrogen-bond acceptors (Lipinski definition) is 3. The number of aliphatic hydroxyl groups excluding tert-OH is 1. The molecule has 0 aliphatic heterocycles. The summed E-state index contributed by atoms with van der Waals surface area (Å²) in [7, 11) is 0. The first-order valence-electron chi connectivity index (χ1n) is 9.04. The molecule has 0 aromatic rings. The Bertz CT molecular complexity index is 234. The molecule has 0 fully saturated rings. The van der Waals surface area contributed by atoms with Gasteiger partial charge in [0, 0.05) is 5.97 Å². The zero-order valence-corrected chi connectivity index (χ0v) is 16.9. The number of carboxylic acid groups (broad SMARTS) is 1. The topological polar surface area (TPSA) is 60.4 Å². The second kappa shape index (κ2) is 19.5. The van der Waals surface area contributed by atoms with Crippen molar-refractivity contribution < 1.29 is 44.6 Å². The standard InChI is InChI=1S/C18H36O3.Na/c1-2-14-17(19)15-12-10-8-6-4-3-5-7-9-11-13-16-18(20)21;/h17,19H,2-16H2,1H3,(H,20,21);/q;+1/p-1. The van der Waals surface area contributed by atoms with Gasteiger partial charge in [-0.3, -0.25) is 0 Å². The minimum absolute atomic E-state index is 0. The van der Waals surface area contributed by atoms with Crippen LogP contribution in [0.3, 0.4) is 0 Å². The first-order valence-corrected chi connectivity index (χ1v) is 9.04. The molecular weight excluding hydrogens is 287 g/mol. The molecule has 0 rings (SSSR count). The molecule has 0 aromatic heterocycles. The largest absolute Gasteiger partial charge is 1.00 e. The van der Waals surface area contributed by atoms with Crippen molar-refractivity contribution in [2.24, 2.45) is 0 Å². The van der Waals surface area contributed by atoms with Crippen LogP contribution in [0.25, 0.3) is 0 Å². The van der Waals surface area contributed by atoms with E-state index in [0.29, 0.717) is 0 Å². The molecule has 1 unspecified atom stereocenters. The summed E-state index contributed by atoms with van der Waals surface area (Å²) in [5, 5.41) is 19.8. The van der Waals surface area contributed by atoms with Gasteiger partial charge in [-0.2, -0.15) is 0 Å². The molecular formula is C18H35NaO3. The molecule has 0 bridgehead atoms. The summed E-state index contributed by atoms with van der Waals surface area (Å²) in [5.74, 6) is -0.919. The van der Waals surface area contributed by atoms with Crippen molar-refractivity contribution in [2.45, 2.75) is 109 Å². The number of aliphatic carboxylic acids is 1. The summed E-state index contributed by atoms with van der Waals surface area (Å²) in [5.41, 5.74) is 0. The number of unbranched alkanes of at least 4 members (excludes halogenated alkanes) is 10. The molecule has 0 saturated heterocycles. The average molecular weight is 322 g/mol. The SMILES string of the molecule is CCCC(O)CCCCCCCCCCCCCC(=O)[O-].[Na+]. The van der Waals surface area contributed by atoms with E-state index >= 15 is 0 Å². The van der Waals surface area contributed by atoms with Gasteiger partial charge in [-0.25, -0.2) is 0 Å². The van der Waals surface area contributed by atoms with Crippen LogP contribution < -0.4 is 34.7 Å². The Hall–Kier alpha value is 0.430. The number of rotatable bonds is 16. The van der Waals surface area contributed by atoms with Crippen LogP contribution >= 0.6 is 0 Å². The molecule has 0 heterocycles. The monoisotopic (exact) mass is 322 g/mol. The Kier molecular flexibility index (Phi) is 21.8. The number of carboxylic acids is 1. The van der Waals surface area contributed by atoms with Gasteiger partial charge in [-0.15, -0.1) is 0 Å². The van der Waals surface area contributed by atoms with E-state index in [1.54, 1.807) is 0 Å². The van der Waals surface area contributed by atoms with Crippen LogP contribution in [0.15, 0.2) is 0 Å². The zero-order chi connectivity index (χ0) is 15.8. The van der Waals surface area contributed by atoms with Crippen molar-refractivity contribution in [3.8, 4) is 0 Å². The number of carbonyl (C=O) groups excluding carboxylic acids is 1. The van der Waals surface area contributed by atoms with E-state index in [9.17, 15) is 15.0 Å². The van der Waals surface area contributed by atoms with E-state index in [4.69, 9.17) is 0 Å². The van der Waals surface area contributed by atoms with Crippen molar-refractivity contribution in [1.82, 2.24) is 0 Å². The smallest absolute Gasteiger partial charge is 0.550 e. The van der Waals surface area contributed by atoms with E-state index in [-0.39, 0.29) is 42.1 Å². The molecule has 0 aliphatic carbocycles. The van der Waals surface area contributed by atoms with E-state index in [1.165, 1.54) is 51.4 Å². The normalized spacial score (nSPS) is 11.9. The molecule has 0 spiro atoms. The third-order valence-electron chi connectivity index (χ3n) is 4.04. The second-order valence-corrected chi connectivity index (χ2v) is 6.24. The van der Waals surface area contributed by atoms with Gasteiger partial charge in [0.15, 0.2) is 0 Å². The van der Waals surface area contributed by atoms with Crippen molar-refractivity contribution in [1.29, 1.82) is 0 Å². The molecule has 0 saturated carbocycles. The molecule has 0 aromatic carbocycles. The second-order valence-electron chi connectivity index (χ2n) is 6.24. The van der Waals surface area contributed by atoms with E-state index in [2.05, 4.69) is 6.92 Å². The third kappa shape index (κ3) is 20.4. The summed E-state index contributed by atoms with van der Waals surface area (Å²) in [6, 6.07) is 0. The van der Waals surface area contributed by atoms with Gasteiger partial charge in [0.1, 0.15) is 0 Å². The molecule has 4 heteroatoms. The van der Waals surface area contributed by atoms with Crippen molar-refractivity contribution in [2.75, 3.05) is 0 Å². The molecule has 0 aliphatic rings. The molecule has 22 heavy (non-hydrogen) atoms. The molecule has 1 atom stereocenters. The van der Waals surface area contributed by atoms with Crippen molar-refractivity contribution >= 4 is 5.97 Å². The van der Waals surface area contributed by atoms with Crippen molar-refractivity contribution in [3.05, 3.63) is 0 Å². The maximum Gasteiger partial charge on any atom is 1.00 e. The van der Waals surface area contributed by atoms with Gasteiger partial charge >= 0.3 is 29.6 Å². The van der Waals surface area contributed by atoms with Crippen LogP contribution in [0.2, 0.25) is 0 Å².